The number of furan rings is 1. The Labute approximate surface area is 143 Å². The molecule has 2 aromatic carbocycles. The molecule has 3 aromatic rings. The minimum atomic E-state index is -0.802. The van der Waals surface area contributed by atoms with Crippen molar-refractivity contribution >= 4 is 23.2 Å². The number of fused-ring (bicyclic) bond motifs is 1. The fraction of sp³-hybridized carbons (Fsp3) is 0.0556. The van der Waals surface area contributed by atoms with E-state index >= 15 is 0 Å². The van der Waals surface area contributed by atoms with Gasteiger partial charge >= 0.3 is 0 Å². The van der Waals surface area contributed by atoms with E-state index in [1.165, 1.54) is 0 Å². The molecule has 6 heteroatoms. The number of halogens is 1. The van der Waals surface area contributed by atoms with Gasteiger partial charge in [-0.1, -0.05) is 35.9 Å². The molecule has 1 amide bonds. The molecule has 0 radical (unpaired) electrons. The summed E-state index contributed by atoms with van der Waals surface area (Å²) >= 11 is 6.18. The van der Waals surface area contributed by atoms with Gasteiger partial charge in [0.15, 0.2) is 6.17 Å². The largest absolute Gasteiger partial charge is 0.457 e. The summed E-state index contributed by atoms with van der Waals surface area (Å²) < 4.78 is 5.82. The number of hydrogen-bond acceptors (Lipinski definition) is 4. The summed E-state index contributed by atoms with van der Waals surface area (Å²) in [5.41, 5.74) is 1.81. The molecule has 0 saturated heterocycles. The van der Waals surface area contributed by atoms with Crippen molar-refractivity contribution in [1.82, 2.24) is 5.06 Å². The van der Waals surface area contributed by atoms with Gasteiger partial charge in [-0.3, -0.25) is 10.0 Å². The maximum absolute atomic E-state index is 12.3. The van der Waals surface area contributed by atoms with Crippen LogP contribution in [0.25, 0.3) is 11.3 Å². The van der Waals surface area contributed by atoms with Crippen LogP contribution in [0.3, 0.4) is 0 Å². The monoisotopic (exact) mass is 340 g/mol. The van der Waals surface area contributed by atoms with Gasteiger partial charge in [-0.25, -0.2) is 0 Å². The Morgan fingerprint density at radius 2 is 1.71 bits per heavy atom. The third kappa shape index (κ3) is 2.35. The zero-order chi connectivity index (χ0) is 16.7. The molecule has 2 N–H and O–H groups in total. The molecule has 0 saturated carbocycles. The van der Waals surface area contributed by atoms with Crippen LogP contribution in [0.4, 0.5) is 5.69 Å². The maximum Gasteiger partial charge on any atom is 0.281 e. The van der Waals surface area contributed by atoms with Crippen LogP contribution in [0.1, 0.15) is 22.3 Å². The Morgan fingerprint density at radius 3 is 2.50 bits per heavy atom. The normalized spacial score (nSPS) is 16.7. The molecule has 0 fully saturated rings. The van der Waals surface area contributed by atoms with Crippen molar-refractivity contribution in [2.45, 2.75) is 6.17 Å². The van der Waals surface area contributed by atoms with Crippen LogP contribution < -0.4 is 5.32 Å². The summed E-state index contributed by atoms with van der Waals surface area (Å²) in [6.07, 6.45) is -0.802. The Morgan fingerprint density at radius 1 is 1.00 bits per heavy atom. The molecule has 5 nitrogen and oxygen atoms in total. The van der Waals surface area contributed by atoms with Crippen molar-refractivity contribution in [2.24, 2.45) is 0 Å². The van der Waals surface area contributed by atoms with Crippen molar-refractivity contribution in [3.8, 4) is 11.3 Å². The minimum Gasteiger partial charge on any atom is -0.457 e. The van der Waals surface area contributed by atoms with Gasteiger partial charge in [0, 0.05) is 11.3 Å². The Hall–Kier alpha value is -2.76. The third-order valence-electron chi connectivity index (χ3n) is 3.94. The number of nitrogens with zero attached hydrogens (tertiary/aromatic N) is 1. The lowest BCUT2D eigenvalue weighted by Gasteiger charge is -2.31. The topological polar surface area (TPSA) is 65.7 Å². The van der Waals surface area contributed by atoms with Crippen LogP contribution in [0, 0.1) is 0 Å². The van der Waals surface area contributed by atoms with Crippen LogP contribution in [0.5, 0.6) is 0 Å². The van der Waals surface area contributed by atoms with E-state index in [-0.39, 0.29) is 0 Å². The van der Waals surface area contributed by atoms with E-state index in [4.69, 9.17) is 16.0 Å². The Kier molecular flexibility index (Phi) is 3.52. The van der Waals surface area contributed by atoms with E-state index in [0.717, 1.165) is 5.56 Å². The van der Waals surface area contributed by atoms with Crippen molar-refractivity contribution in [1.29, 1.82) is 0 Å². The molecule has 2 heterocycles. The number of anilines is 1. The molecular formula is C18H13ClN2O3. The molecule has 0 aliphatic carbocycles. The summed E-state index contributed by atoms with van der Waals surface area (Å²) in [5, 5.41) is 14.5. The molecule has 1 unspecified atom stereocenters. The number of carbonyl (C=O) groups is 1. The summed E-state index contributed by atoms with van der Waals surface area (Å²) in [6.45, 7) is 0. The molecule has 0 bridgehead atoms. The second-order valence-electron chi connectivity index (χ2n) is 5.42. The second kappa shape index (κ2) is 5.70. The summed E-state index contributed by atoms with van der Waals surface area (Å²) in [4.78, 5) is 12.3. The number of rotatable bonds is 2. The molecule has 0 spiro atoms. The van der Waals surface area contributed by atoms with Gasteiger partial charge in [-0.15, -0.1) is 0 Å². The first-order chi connectivity index (χ1) is 11.6. The van der Waals surface area contributed by atoms with Gasteiger partial charge in [-0.2, -0.15) is 5.06 Å². The molecule has 120 valence electrons. The number of amides is 1. The van der Waals surface area contributed by atoms with E-state index in [2.05, 4.69) is 5.32 Å². The fourth-order valence-corrected chi connectivity index (χ4v) is 2.97. The molecule has 4 rings (SSSR count). The zero-order valence-corrected chi connectivity index (χ0v) is 13.2. The molecule has 24 heavy (non-hydrogen) atoms. The lowest BCUT2D eigenvalue weighted by atomic mass is 10.1. The summed E-state index contributed by atoms with van der Waals surface area (Å²) in [7, 11) is 0. The molecule has 1 aliphatic rings. The number of benzene rings is 2. The van der Waals surface area contributed by atoms with Crippen molar-refractivity contribution in [3.05, 3.63) is 77.0 Å². The van der Waals surface area contributed by atoms with Gasteiger partial charge in [0.2, 0.25) is 0 Å². The van der Waals surface area contributed by atoms with Crippen LogP contribution in [0.2, 0.25) is 5.02 Å². The van der Waals surface area contributed by atoms with Crippen LogP contribution >= 0.6 is 11.6 Å². The summed E-state index contributed by atoms with van der Waals surface area (Å²) in [6, 6.07) is 17.8. The highest BCUT2D eigenvalue weighted by Gasteiger charge is 2.34. The number of para-hydroxylation sites is 1. The first-order valence-electron chi connectivity index (χ1n) is 7.38. The first kappa shape index (κ1) is 14.8. The van der Waals surface area contributed by atoms with Crippen LogP contribution in [-0.4, -0.2) is 16.2 Å². The van der Waals surface area contributed by atoms with Crippen molar-refractivity contribution in [3.63, 3.8) is 0 Å². The Bertz CT molecular complexity index is 922. The highest BCUT2D eigenvalue weighted by Crippen LogP contribution is 2.35. The highest BCUT2D eigenvalue weighted by molar-refractivity contribution is 6.33. The molecular weight excluding hydrogens is 328 g/mol. The second-order valence-corrected chi connectivity index (χ2v) is 5.83. The smallest absolute Gasteiger partial charge is 0.281 e. The SMILES string of the molecule is O=C1c2ccccc2NC(c2ccc(-c3ccccc3Cl)o2)N1O. The fourth-order valence-electron chi connectivity index (χ4n) is 2.74. The quantitative estimate of drug-likeness (QED) is 0.671. The first-order valence-corrected chi connectivity index (χ1v) is 7.75. The zero-order valence-electron chi connectivity index (χ0n) is 12.4. The minimum absolute atomic E-state index is 0.411. The van der Waals surface area contributed by atoms with Crippen molar-refractivity contribution in [2.75, 3.05) is 5.32 Å². The van der Waals surface area contributed by atoms with E-state index < -0.39 is 12.1 Å². The lowest BCUT2D eigenvalue weighted by Crippen LogP contribution is -2.40. The van der Waals surface area contributed by atoms with E-state index in [1.54, 1.807) is 36.4 Å². The molecule has 1 aromatic heterocycles. The number of hydroxylamine groups is 2. The number of hydrogen-bond donors (Lipinski definition) is 2. The predicted octanol–water partition coefficient (Wildman–Crippen LogP) is 4.56. The standard InChI is InChI=1S/C18H13ClN2O3/c19-13-7-3-1-5-11(13)15-9-10-16(24-15)17-20-14-8-4-2-6-12(14)18(22)21(17)23/h1-10,17,20,23H. The van der Waals surface area contributed by atoms with Gasteiger partial charge in [0.1, 0.15) is 11.5 Å². The lowest BCUT2D eigenvalue weighted by molar-refractivity contribution is -0.0893. The van der Waals surface area contributed by atoms with E-state index in [0.29, 0.717) is 32.9 Å². The van der Waals surface area contributed by atoms with Crippen molar-refractivity contribution < 1.29 is 14.4 Å². The average molecular weight is 341 g/mol. The van der Waals surface area contributed by atoms with E-state index in [1.807, 2.05) is 24.3 Å². The van der Waals surface area contributed by atoms with Gasteiger partial charge < -0.3 is 9.73 Å². The maximum atomic E-state index is 12.3. The summed E-state index contributed by atoms with van der Waals surface area (Å²) in [5.74, 6) is 0.498. The van der Waals surface area contributed by atoms with Gasteiger partial charge in [-0.05, 0) is 36.4 Å². The highest BCUT2D eigenvalue weighted by atomic mass is 35.5. The van der Waals surface area contributed by atoms with Crippen LogP contribution in [0.15, 0.2) is 65.1 Å². The third-order valence-corrected chi connectivity index (χ3v) is 4.27. The molecule has 1 atom stereocenters. The number of carbonyl (C=O) groups excluding carboxylic acids is 1. The van der Waals surface area contributed by atoms with Gasteiger partial charge in [0.25, 0.3) is 5.91 Å². The van der Waals surface area contributed by atoms with Crippen LogP contribution in [-0.2, 0) is 0 Å². The molecule has 1 aliphatic heterocycles. The Balaban J connectivity index is 1.71. The number of nitrogens with one attached hydrogen (secondary N) is 1. The van der Waals surface area contributed by atoms with E-state index in [9.17, 15) is 10.0 Å². The average Bonchev–Trinajstić information content (AvgIpc) is 3.08. The predicted molar refractivity (Wildman–Crippen MR) is 89.9 cm³/mol. The van der Waals surface area contributed by atoms with Gasteiger partial charge in [0.05, 0.1) is 10.6 Å².